The molecule has 0 spiro atoms. The van der Waals surface area contributed by atoms with E-state index in [1.54, 1.807) is 4.68 Å². The van der Waals surface area contributed by atoms with Gasteiger partial charge in [0, 0.05) is 16.5 Å². The van der Waals surface area contributed by atoms with Crippen LogP contribution in [0.25, 0.3) is 33.1 Å². The van der Waals surface area contributed by atoms with Gasteiger partial charge in [-0.25, -0.2) is 9.66 Å². The summed E-state index contributed by atoms with van der Waals surface area (Å²) in [6.07, 6.45) is 0. The Morgan fingerprint density at radius 2 is 1.59 bits per heavy atom. The van der Waals surface area contributed by atoms with Crippen molar-refractivity contribution < 1.29 is 0 Å². The minimum atomic E-state index is -0.0887. The van der Waals surface area contributed by atoms with Gasteiger partial charge in [-0.05, 0) is 30.7 Å². The molecule has 0 saturated heterocycles. The molecule has 0 aliphatic heterocycles. The summed E-state index contributed by atoms with van der Waals surface area (Å²) in [6, 6.07) is 25.9. The lowest BCUT2D eigenvalue weighted by molar-refractivity contribution is 0.756. The van der Waals surface area contributed by atoms with Crippen molar-refractivity contribution in [1.29, 1.82) is 0 Å². The molecule has 2 aromatic heterocycles. The predicted molar refractivity (Wildman–Crippen MR) is 118 cm³/mol. The molecule has 2 heterocycles. The van der Waals surface area contributed by atoms with Gasteiger partial charge < -0.3 is 10.4 Å². The van der Waals surface area contributed by atoms with Gasteiger partial charge in [0.25, 0.3) is 5.56 Å². The molecule has 5 aromatic rings. The van der Waals surface area contributed by atoms with E-state index in [1.807, 2.05) is 61.5 Å². The van der Waals surface area contributed by atoms with Crippen molar-refractivity contribution in [2.75, 3.05) is 5.43 Å². The maximum absolute atomic E-state index is 13.0. The smallest absolute Gasteiger partial charge is 0.279 e. The van der Waals surface area contributed by atoms with Crippen LogP contribution in [0.1, 0.15) is 11.4 Å². The van der Waals surface area contributed by atoms with Crippen LogP contribution in [0.4, 0.5) is 0 Å². The van der Waals surface area contributed by atoms with Crippen LogP contribution in [0.15, 0.2) is 83.7 Å². The van der Waals surface area contributed by atoms with Crippen molar-refractivity contribution in [3.05, 3.63) is 101 Å². The van der Waals surface area contributed by atoms with Crippen LogP contribution in [0.2, 0.25) is 0 Å². The molecular weight excluding hydrogens is 360 g/mol. The number of H-pyrrole nitrogens is 1. The molecule has 0 aliphatic carbocycles. The van der Waals surface area contributed by atoms with Crippen LogP contribution < -0.4 is 11.0 Å². The molecule has 0 amide bonds. The second-order valence-corrected chi connectivity index (χ2v) is 7.04. The number of fused-ring (bicyclic) bond motifs is 2. The summed E-state index contributed by atoms with van der Waals surface area (Å²) < 4.78 is 1.54. The van der Waals surface area contributed by atoms with E-state index in [4.69, 9.17) is 0 Å². The summed E-state index contributed by atoms with van der Waals surface area (Å²) in [5.74, 6) is 0.634. The third-order valence-electron chi connectivity index (χ3n) is 5.23. The van der Waals surface area contributed by atoms with Crippen LogP contribution in [-0.2, 0) is 6.54 Å². The first-order chi connectivity index (χ1) is 14.2. The van der Waals surface area contributed by atoms with Gasteiger partial charge in [-0.15, -0.1) is 0 Å². The Balaban J connectivity index is 1.60. The van der Waals surface area contributed by atoms with Crippen LogP contribution in [0.3, 0.4) is 0 Å². The minimum Gasteiger partial charge on any atom is -0.354 e. The van der Waals surface area contributed by atoms with E-state index in [-0.39, 0.29) is 5.56 Å². The average Bonchev–Trinajstić information content (AvgIpc) is 3.13. The molecule has 5 nitrogen and oxygen atoms in total. The van der Waals surface area contributed by atoms with Crippen molar-refractivity contribution in [2.45, 2.75) is 13.5 Å². The number of rotatable bonds is 4. The largest absolute Gasteiger partial charge is 0.354 e. The molecule has 0 radical (unpaired) electrons. The SMILES string of the molecule is Cc1nc2ccccc2c(=O)n1NCc1c(-c2ccccc2)[nH]c2ccccc12. The Labute approximate surface area is 167 Å². The van der Waals surface area contributed by atoms with E-state index >= 15 is 0 Å². The summed E-state index contributed by atoms with van der Waals surface area (Å²) >= 11 is 0. The number of nitrogens with zero attached hydrogens (tertiary/aromatic N) is 2. The highest BCUT2D eigenvalue weighted by Crippen LogP contribution is 2.30. The Bertz CT molecular complexity index is 1380. The third-order valence-corrected chi connectivity index (χ3v) is 5.23. The van der Waals surface area contributed by atoms with Crippen molar-refractivity contribution in [2.24, 2.45) is 0 Å². The predicted octanol–water partition coefficient (Wildman–Crippen LogP) is 4.60. The summed E-state index contributed by atoms with van der Waals surface area (Å²) in [5.41, 5.74) is 8.28. The standard InChI is InChI=1S/C24H20N4O/c1-16-26-22-14-8-6-12-19(22)24(29)28(16)25-15-20-18-11-5-7-13-21(18)27-23(20)17-9-3-2-4-10-17/h2-14,25,27H,15H2,1H3. The molecular formula is C24H20N4O. The monoisotopic (exact) mass is 380 g/mol. The van der Waals surface area contributed by atoms with Crippen LogP contribution in [0.5, 0.6) is 0 Å². The first kappa shape index (κ1) is 17.3. The molecule has 142 valence electrons. The van der Waals surface area contributed by atoms with Crippen molar-refractivity contribution in [1.82, 2.24) is 14.6 Å². The Kier molecular flexibility index (Phi) is 4.13. The van der Waals surface area contributed by atoms with Gasteiger partial charge in [0.1, 0.15) is 5.82 Å². The van der Waals surface area contributed by atoms with Gasteiger partial charge in [0.15, 0.2) is 0 Å². The molecule has 0 atom stereocenters. The molecule has 5 heteroatoms. The number of benzene rings is 3. The van der Waals surface area contributed by atoms with Gasteiger partial charge in [-0.2, -0.15) is 0 Å². The second-order valence-electron chi connectivity index (χ2n) is 7.04. The molecule has 0 saturated carbocycles. The van der Waals surface area contributed by atoms with E-state index in [0.29, 0.717) is 23.3 Å². The first-order valence-electron chi connectivity index (χ1n) is 9.59. The van der Waals surface area contributed by atoms with Crippen molar-refractivity contribution in [3.8, 4) is 11.3 Å². The summed E-state index contributed by atoms with van der Waals surface area (Å²) in [5, 5.41) is 1.74. The van der Waals surface area contributed by atoms with Crippen molar-refractivity contribution >= 4 is 21.8 Å². The summed E-state index contributed by atoms with van der Waals surface area (Å²) in [7, 11) is 0. The quantitative estimate of drug-likeness (QED) is 0.479. The molecule has 0 aliphatic rings. The fraction of sp³-hybridized carbons (Fsp3) is 0.0833. The minimum absolute atomic E-state index is 0.0887. The van der Waals surface area contributed by atoms with Gasteiger partial charge in [0.05, 0.1) is 23.1 Å². The van der Waals surface area contributed by atoms with Crippen LogP contribution in [0, 0.1) is 6.92 Å². The topological polar surface area (TPSA) is 62.7 Å². The number of hydrogen-bond acceptors (Lipinski definition) is 3. The van der Waals surface area contributed by atoms with E-state index in [9.17, 15) is 4.79 Å². The molecule has 2 N–H and O–H groups in total. The number of hydrogen-bond donors (Lipinski definition) is 2. The highest BCUT2D eigenvalue weighted by Gasteiger charge is 2.14. The number of aromatic amines is 1. The third kappa shape index (κ3) is 2.97. The normalized spacial score (nSPS) is 11.2. The van der Waals surface area contributed by atoms with Crippen molar-refractivity contribution in [3.63, 3.8) is 0 Å². The highest BCUT2D eigenvalue weighted by atomic mass is 16.1. The zero-order valence-corrected chi connectivity index (χ0v) is 16.0. The maximum Gasteiger partial charge on any atom is 0.279 e. The lowest BCUT2D eigenvalue weighted by atomic mass is 10.1. The first-order valence-corrected chi connectivity index (χ1v) is 9.59. The lowest BCUT2D eigenvalue weighted by Crippen LogP contribution is -2.31. The summed E-state index contributed by atoms with van der Waals surface area (Å²) in [4.78, 5) is 21.1. The Morgan fingerprint density at radius 3 is 2.41 bits per heavy atom. The molecule has 0 bridgehead atoms. The molecule has 29 heavy (non-hydrogen) atoms. The van der Waals surface area contributed by atoms with Gasteiger partial charge in [-0.1, -0.05) is 60.7 Å². The van der Waals surface area contributed by atoms with Gasteiger partial charge in [0.2, 0.25) is 0 Å². The number of para-hydroxylation sites is 2. The number of aromatic nitrogens is 3. The Hall–Kier alpha value is -3.86. The number of nitrogens with one attached hydrogen (secondary N) is 2. The van der Waals surface area contributed by atoms with E-state index in [1.165, 1.54) is 0 Å². The molecule has 0 unspecified atom stereocenters. The van der Waals surface area contributed by atoms with E-state index < -0.39 is 0 Å². The van der Waals surface area contributed by atoms with E-state index in [2.05, 4.69) is 39.7 Å². The van der Waals surface area contributed by atoms with Crippen LogP contribution >= 0.6 is 0 Å². The second kappa shape index (κ2) is 6.95. The highest BCUT2D eigenvalue weighted by molar-refractivity contribution is 5.90. The van der Waals surface area contributed by atoms with Gasteiger partial charge >= 0.3 is 0 Å². The van der Waals surface area contributed by atoms with Gasteiger partial charge in [-0.3, -0.25) is 4.79 Å². The molecule has 3 aromatic carbocycles. The fourth-order valence-electron chi connectivity index (χ4n) is 3.82. The maximum atomic E-state index is 13.0. The van der Waals surface area contributed by atoms with Crippen LogP contribution in [-0.4, -0.2) is 14.6 Å². The number of aryl methyl sites for hydroxylation is 1. The zero-order valence-electron chi connectivity index (χ0n) is 16.0. The lowest BCUT2D eigenvalue weighted by Gasteiger charge is -2.14. The summed E-state index contributed by atoms with van der Waals surface area (Å²) in [6.45, 7) is 2.34. The van der Waals surface area contributed by atoms with E-state index in [0.717, 1.165) is 27.7 Å². The fourth-order valence-corrected chi connectivity index (χ4v) is 3.82. The zero-order chi connectivity index (χ0) is 19.8. The Morgan fingerprint density at radius 1 is 0.897 bits per heavy atom. The molecule has 5 rings (SSSR count). The average molecular weight is 380 g/mol. The molecule has 0 fully saturated rings.